The molecule has 0 bridgehead atoms. The van der Waals surface area contributed by atoms with Gasteiger partial charge in [-0.1, -0.05) is 17.2 Å². The molecule has 2 heterocycles. The molecule has 0 aliphatic carbocycles. The number of aromatic amines is 1. The molecule has 3 rings (SSSR count). The van der Waals surface area contributed by atoms with Crippen LogP contribution in [0.25, 0.3) is 11.3 Å². The number of carbonyl (C=O) groups excluding carboxylic acids is 1. The molecule has 9 nitrogen and oxygen atoms in total. The van der Waals surface area contributed by atoms with Crippen LogP contribution in [0.2, 0.25) is 0 Å². The van der Waals surface area contributed by atoms with Crippen LogP contribution in [0.4, 0.5) is 11.6 Å². The third-order valence-corrected chi connectivity index (χ3v) is 3.31. The second-order valence-electron chi connectivity index (χ2n) is 4.79. The fourth-order valence-electron chi connectivity index (χ4n) is 2.08. The number of rotatable bonds is 5. The molecule has 3 N–H and O–H groups in total. The van der Waals surface area contributed by atoms with Gasteiger partial charge in [0.15, 0.2) is 0 Å². The SMILES string of the molecule is CNc1ccc(-c2cc(OC)cc(C(=O)Nc3nn[nH]n3)n2)cc1.[H-].[Na+]. The quantitative estimate of drug-likeness (QED) is 0.489. The van der Waals surface area contributed by atoms with E-state index in [9.17, 15) is 4.79 Å². The molecule has 1 amide bonds. The summed E-state index contributed by atoms with van der Waals surface area (Å²) in [4.78, 5) is 16.7. The molecule has 0 radical (unpaired) electrons. The van der Waals surface area contributed by atoms with E-state index in [0.717, 1.165) is 11.3 Å². The Hall–Kier alpha value is -2.49. The van der Waals surface area contributed by atoms with E-state index in [1.165, 1.54) is 7.11 Å². The first-order valence-electron chi connectivity index (χ1n) is 7.08. The van der Waals surface area contributed by atoms with Crippen LogP contribution in [0.3, 0.4) is 0 Å². The minimum atomic E-state index is -0.455. The molecule has 25 heavy (non-hydrogen) atoms. The first-order chi connectivity index (χ1) is 11.7. The number of pyridine rings is 1. The topological polar surface area (TPSA) is 118 Å². The number of methoxy groups -OCH3 is 1. The molecule has 0 saturated carbocycles. The van der Waals surface area contributed by atoms with Crippen LogP contribution in [-0.2, 0) is 0 Å². The summed E-state index contributed by atoms with van der Waals surface area (Å²) in [6, 6.07) is 11.0. The number of nitrogens with one attached hydrogen (secondary N) is 3. The van der Waals surface area contributed by atoms with Gasteiger partial charge >= 0.3 is 29.6 Å². The van der Waals surface area contributed by atoms with Gasteiger partial charge in [0.1, 0.15) is 11.4 Å². The van der Waals surface area contributed by atoms with Gasteiger partial charge in [-0.15, -0.1) is 5.10 Å². The summed E-state index contributed by atoms with van der Waals surface area (Å²) in [5.74, 6) is 0.142. The third kappa shape index (κ3) is 4.53. The van der Waals surface area contributed by atoms with Gasteiger partial charge in [-0.3, -0.25) is 10.1 Å². The Morgan fingerprint density at radius 3 is 2.60 bits per heavy atom. The Morgan fingerprint density at radius 2 is 2.00 bits per heavy atom. The molecule has 124 valence electrons. The maximum atomic E-state index is 12.3. The number of aromatic nitrogens is 5. The Morgan fingerprint density at radius 1 is 1.24 bits per heavy atom. The van der Waals surface area contributed by atoms with E-state index in [4.69, 9.17) is 4.74 Å². The van der Waals surface area contributed by atoms with Gasteiger partial charge < -0.3 is 11.5 Å². The number of benzene rings is 1. The van der Waals surface area contributed by atoms with Crippen LogP contribution < -0.4 is 44.9 Å². The van der Waals surface area contributed by atoms with Crippen molar-refractivity contribution in [1.82, 2.24) is 25.6 Å². The van der Waals surface area contributed by atoms with E-state index < -0.39 is 5.91 Å². The van der Waals surface area contributed by atoms with Crippen LogP contribution >= 0.6 is 0 Å². The molecule has 0 aliphatic rings. The van der Waals surface area contributed by atoms with Crippen molar-refractivity contribution in [2.75, 3.05) is 24.8 Å². The van der Waals surface area contributed by atoms with Gasteiger partial charge in [0.2, 0.25) is 0 Å². The Kier molecular flexibility index (Phi) is 6.45. The first kappa shape index (κ1) is 18.8. The number of tetrazole rings is 1. The Labute approximate surface area is 167 Å². The van der Waals surface area contributed by atoms with Crippen LogP contribution in [0, 0.1) is 0 Å². The summed E-state index contributed by atoms with van der Waals surface area (Å²) < 4.78 is 5.27. The average molecular weight is 349 g/mol. The average Bonchev–Trinajstić information content (AvgIpc) is 3.14. The van der Waals surface area contributed by atoms with E-state index in [2.05, 4.69) is 36.2 Å². The molecule has 0 aliphatic heterocycles. The molecule has 2 aromatic heterocycles. The monoisotopic (exact) mass is 349 g/mol. The van der Waals surface area contributed by atoms with E-state index in [-0.39, 0.29) is 42.6 Å². The van der Waals surface area contributed by atoms with Crippen molar-refractivity contribution >= 4 is 17.5 Å². The van der Waals surface area contributed by atoms with E-state index >= 15 is 0 Å². The van der Waals surface area contributed by atoms with Gasteiger partial charge in [0.05, 0.1) is 12.8 Å². The zero-order chi connectivity index (χ0) is 16.9. The Balaban J connectivity index is 0.00000169. The van der Waals surface area contributed by atoms with Crippen LogP contribution in [0.15, 0.2) is 36.4 Å². The minimum absolute atomic E-state index is 0. The normalized spacial score (nSPS) is 9.84. The molecule has 0 spiro atoms. The molecular formula is C15H16N7NaO2. The fraction of sp³-hybridized carbons (Fsp3) is 0.133. The molecule has 0 atom stereocenters. The standard InChI is InChI=1S/C15H15N7O2.Na.H/c1-16-10-5-3-9(4-6-10)12-7-11(24-2)8-13(17-12)14(23)18-15-19-21-22-20-15;;/h3-8,16H,1-2H3,(H2,18,19,20,21,22,23);;/q;+1;-1. The molecule has 1 aromatic carbocycles. The van der Waals surface area contributed by atoms with Crippen molar-refractivity contribution in [3.05, 3.63) is 42.1 Å². The van der Waals surface area contributed by atoms with Crippen molar-refractivity contribution in [1.29, 1.82) is 0 Å². The largest absolute Gasteiger partial charge is 1.00 e. The molecule has 3 aromatic rings. The summed E-state index contributed by atoms with van der Waals surface area (Å²) in [6.07, 6.45) is 0. The number of carbonyl (C=O) groups is 1. The van der Waals surface area contributed by atoms with E-state index in [1.807, 2.05) is 31.3 Å². The molecular weight excluding hydrogens is 333 g/mol. The maximum absolute atomic E-state index is 12.3. The Bertz CT molecular complexity index is 844. The minimum Gasteiger partial charge on any atom is -1.00 e. The zero-order valence-corrected chi connectivity index (χ0v) is 16.1. The predicted octanol–water partition coefficient (Wildman–Crippen LogP) is -1.32. The van der Waals surface area contributed by atoms with Gasteiger partial charge in [0, 0.05) is 30.4 Å². The van der Waals surface area contributed by atoms with Crippen LogP contribution in [0.1, 0.15) is 11.9 Å². The zero-order valence-electron chi connectivity index (χ0n) is 15.1. The van der Waals surface area contributed by atoms with Crippen molar-refractivity contribution in [2.45, 2.75) is 0 Å². The fourth-order valence-corrected chi connectivity index (χ4v) is 2.08. The van der Waals surface area contributed by atoms with Gasteiger partial charge in [-0.05, 0) is 17.3 Å². The summed E-state index contributed by atoms with van der Waals surface area (Å²) >= 11 is 0. The number of hydrogen-bond acceptors (Lipinski definition) is 7. The number of anilines is 2. The van der Waals surface area contributed by atoms with Crippen molar-refractivity contribution in [3.63, 3.8) is 0 Å². The maximum Gasteiger partial charge on any atom is 1.00 e. The molecule has 0 unspecified atom stereocenters. The molecule has 0 saturated heterocycles. The smallest absolute Gasteiger partial charge is 1.00 e. The number of ether oxygens (including phenoxy) is 1. The van der Waals surface area contributed by atoms with Gasteiger partial charge in [-0.2, -0.15) is 5.21 Å². The van der Waals surface area contributed by atoms with Crippen molar-refractivity contribution in [3.8, 4) is 17.0 Å². The molecule has 0 fully saturated rings. The summed E-state index contributed by atoms with van der Waals surface area (Å²) in [5.41, 5.74) is 2.65. The number of hydrogen-bond donors (Lipinski definition) is 3. The summed E-state index contributed by atoms with van der Waals surface area (Å²) in [7, 11) is 3.38. The van der Waals surface area contributed by atoms with Gasteiger partial charge in [-0.25, -0.2) is 4.98 Å². The predicted molar refractivity (Wildman–Crippen MR) is 89.0 cm³/mol. The van der Waals surface area contributed by atoms with Crippen molar-refractivity contribution < 1.29 is 40.5 Å². The van der Waals surface area contributed by atoms with Gasteiger partial charge in [0.25, 0.3) is 11.9 Å². The number of amides is 1. The third-order valence-electron chi connectivity index (χ3n) is 3.31. The van der Waals surface area contributed by atoms with E-state index in [0.29, 0.717) is 11.4 Å². The molecule has 10 heteroatoms. The van der Waals surface area contributed by atoms with E-state index in [1.54, 1.807) is 12.1 Å². The summed E-state index contributed by atoms with van der Waals surface area (Å²) in [6.45, 7) is 0. The number of nitrogens with zero attached hydrogens (tertiary/aromatic N) is 4. The summed E-state index contributed by atoms with van der Waals surface area (Å²) in [5, 5.41) is 18.6. The number of H-pyrrole nitrogens is 1. The van der Waals surface area contributed by atoms with Crippen molar-refractivity contribution in [2.24, 2.45) is 0 Å². The second kappa shape index (κ2) is 8.56. The van der Waals surface area contributed by atoms with Crippen LogP contribution in [0.5, 0.6) is 5.75 Å². The first-order valence-corrected chi connectivity index (χ1v) is 7.08. The second-order valence-corrected chi connectivity index (χ2v) is 4.79. The van der Waals surface area contributed by atoms with Crippen LogP contribution in [-0.4, -0.2) is 45.7 Å².